The summed E-state index contributed by atoms with van der Waals surface area (Å²) >= 11 is 0. The molecule has 0 spiro atoms. The molecule has 0 fully saturated rings. The Bertz CT molecular complexity index is 943. The molecule has 1 heterocycles. The van der Waals surface area contributed by atoms with Crippen molar-refractivity contribution in [3.8, 4) is 5.75 Å². The number of halogens is 3. The van der Waals surface area contributed by atoms with Gasteiger partial charge in [0.05, 0.1) is 5.56 Å². The summed E-state index contributed by atoms with van der Waals surface area (Å²) in [5.41, 5.74) is 0.283. The molecule has 0 aliphatic carbocycles. The van der Waals surface area contributed by atoms with Gasteiger partial charge in [0.1, 0.15) is 18.1 Å². The summed E-state index contributed by atoms with van der Waals surface area (Å²) < 4.78 is 44.7. The van der Waals surface area contributed by atoms with Crippen LogP contribution in [0.4, 0.5) is 13.2 Å². The number of nitrogens with one attached hydrogen (secondary N) is 2. The monoisotopic (exact) mass is 362 g/mol. The highest BCUT2D eigenvalue weighted by Gasteiger charge is 2.36. The second-order valence-corrected chi connectivity index (χ2v) is 5.97. The molecule has 3 aromatic rings. The van der Waals surface area contributed by atoms with Crippen molar-refractivity contribution in [2.24, 2.45) is 0 Å². The Balaban J connectivity index is 1.77. The molecule has 136 valence electrons. The van der Waals surface area contributed by atoms with E-state index >= 15 is 0 Å². The number of aryl methyl sites for hydroxylation is 1. The van der Waals surface area contributed by atoms with Gasteiger partial charge in [-0.25, -0.2) is 0 Å². The maximum absolute atomic E-state index is 13.0. The van der Waals surface area contributed by atoms with Gasteiger partial charge in [-0.05, 0) is 35.7 Å². The Hall–Kier alpha value is -2.96. The van der Waals surface area contributed by atoms with Crippen LogP contribution in [-0.2, 0) is 19.2 Å². The summed E-state index contributed by atoms with van der Waals surface area (Å²) in [6.45, 7) is 2.17. The molecule has 26 heavy (non-hydrogen) atoms. The second kappa shape index (κ2) is 7.11. The van der Waals surface area contributed by atoms with Crippen LogP contribution in [0, 0.1) is 6.92 Å². The first kappa shape index (κ1) is 17.8. The first-order valence-corrected chi connectivity index (χ1v) is 7.97. The van der Waals surface area contributed by atoms with Crippen LogP contribution >= 0.6 is 0 Å². The van der Waals surface area contributed by atoms with Crippen molar-refractivity contribution in [3.05, 3.63) is 86.8 Å². The topological polar surface area (TPSA) is 57.9 Å². The highest BCUT2D eigenvalue weighted by Crippen LogP contribution is 2.30. The lowest BCUT2D eigenvalue weighted by atomic mass is 10.0. The van der Waals surface area contributed by atoms with Crippen LogP contribution in [-0.4, -0.2) is 10.2 Å². The normalized spacial score (nSPS) is 11.5. The first-order valence-electron chi connectivity index (χ1n) is 7.97. The van der Waals surface area contributed by atoms with Crippen LogP contribution in [0.3, 0.4) is 0 Å². The summed E-state index contributed by atoms with van der Waals surface area (Å²) in [6, 6.07) is 14.8. The molecule has 1 aromatic heterocycles. The summed E-state index contributed by atoms with van der Waals surface area (Å²) in [5.74, 6) is 0.620. The van der Waals surface area contributed by atoms with Gasteiger partial charge in [-0.1, -0.05) is 36.4 Å². The maximum Gasteiger partial charge on any atom is 0.433 e. The number of benzene rings is 2. The Morgan fingerprint density at radius 1 is 1.04 bits per heavy atom. The minimum atomic E-state index is -4.61. The van der Waals surface area contributed by atoms with Gasteiger partial charge in [-0.2, -0.15) is 13.2 Å². The Morgan fingerprint density at radius 3 is 2.42 bits per heavy atom. The van der Waals surface area contributed by atoms with Crippen LogP contribution in [0.5, 0.6) is 5.75 Å². The molecule has 7 heteroatoms. The fourth-order valence-corrected chi connectivity index (χ4v) is 2.68. The highest BCUT2D eigenvalue weighted by molar-refractivity contribution is 5.38. The number of H-pyrrole nitrogens is 2. The van der Waals surface area contributed by atoms with E-state index in [9.17, 15) is 18.0 Å². The third-order valence-electron chi connectivity index (χ3n) is 4.09. The number of ether oxygens (including phenoxy) is 1. The molecule has 0 atom stereocenters. The molecule has 2 N–H and O–H groups in total. The lowest BCUT2D eigenvalue weighted by Crippen LogP contribution is -2.14. The largest absolute Gasteiger partial charge is 0.489 e. The van der Waals surface area contributed by atoms with Crippen LogP contribution in [0.25, 0.3) is 0 Å². The molecule has 0 amide bonds. The van der Waals surface area contributed by atoms with E-state index in [2.05, 4.69) is 0 Å². The standard InChI is InChI=1S/C19H17F3N2O2/c1-12-9-15(26-11-13-5-3-2-4-6-13)8-7-14(12)10-16-17(19(20,21)22)23-24-18(16)25/h2-9H,10-11H2,1H3,(H2,23,24,25). The third kappa shape index (κ3) is 3.99. The van der Waals surface area contributed by atoms with E-state index in [0.717, 1.165) is 11.1 Å². The van der Waals surface area contributed by atoms with E-state index in [1.807, 2.05) is 40.5 Å². The molecular formula is C19H17F3N2O2. The van der Waals surface area contributed by atoms with Crippen molar-refractivity contribution in [2.75, 3.05) is 0 Å². The zero-order valence-corrected chi connectivity index (χ0v) is 14.0. The summed E-state index contributed by atoms with van der Waals surface area (Å²) in [7, 11) is 0. The lowest BCUT2D eigenvalue weighted by molar-refractivity contribution is -0.141. The van der Waals surface area contributed by atoms with Gasteiger partial charge in [0, 0.05) is 6.42 Å². The van der Waals surface area contributed by atoms with Crippen LogP contribution in [0.2, 0.25) is 0 Å². The average molecular weight is 362 g/mol. The van der Waals surface area contributed by atoms with Crippen molar-refractivity contribution < 1.29 is 17.9 Å². The van der Waals surface area contributed by atoms with Gasteiger partial charge >= 0.3 is 6.18 Å². The fraction of sp³-hybridized carbons (Fsp3) is 0.211. The Morgan fingerprint density at radius 2 is 1.77 bits per heavy atom. The average Bonchev–Trinajstić information content (AvgIpc) is 2.97. The van der Waals surface area contributed by atoms with Crippen LogP contribution in [0.15, 0.2) is 53.3 Å². The van der Waals surface area contributed by atoms with E-state index in [1.165, 1.54) is 0 Å². The van der Waals surface area contributed by atoms with Gasteiger partial charge in [-0.3, -0.25) is 15.0 Å². The summed E-state index contributed by atoms with van der Waals surface area (Å²) in [5, 5.41) is 3.92. The van der Waals surface area contributed by atoms with Crippen molar-refractivity contribution in [3.63, 3.8) is 0 Å². The quantitative estimate of drug-likeness (QED) is 0.715. The summed E-state index contributed by atoms with van der Waals surface area (Å²) in [6.07, 6.45) is -4.72. The zero-order valence-electron chi connectivity index (χ0n) is 14.0. The SMILES string of the molecule is Cc1cc(OCc2ccccc2)ccc1Cc1c(C(F)(F)F)[nH][nH]c1=O. The molecule has 0 bridgehead atoms. The Kier molecular flexibility index (Phi) is 4.88. The molecular weight excluding hydrogens is 345 g/mol. The third-order valence-corrected chi connectivity index (χ3v) is 4.09. The van der Waals surface area contributed by atoms with Crippen LogP contribution in [0.1, 0.15) is 27.9 Å². The molecule has 0 aliphatic rings. The highest BCUT2D eigenvalue weighted by atomic mass is 19.4. The predicted molar refractivity (Wildman–Crippen MR) is 91.2 cm³/mol. The van der Waals surface area contributed by atoms with Crippen molar-refractivity contribution in [2.45, 2.75) is 26.1 Å². The first-order chi connectivity index (χ1) is 12.3. The number of alkyl halides is 3. The predicted octanol–water partition coefficient (Wildman–Crippen LogP) is 4.20. The number of aromatic nitrogens is 2. The molecule has 0 saturated heterocycles. The molecule has 3 rings (SSSR count). The lowest BCUT2D eigenvalue weighted by Gasteiger charge is -2.11. The van der Waals surface area contributed by atoms with Crippen molar-refractivity contribution in [1.82, 2.24) is 10.2 Å². The zero-order chi connectivity index (χ0) is 18.7. The Labute approximate surface area is 147 Å². The van der Waals surface area contributed by atoms with E-state index < -0.39 is 17.4 Å². The number of hydrogen-bond acceptors (Lipinski definition) is 2. The number of hydrogen-bond donors (Lipinski definition) is 2. The van der Waals surface area contributed by atoms with E-state index in [4.69, 9.17) is 4.74 Å². The van der Waals surface area contributed by atoms with Gasteiger partial charge < -0.3 is 4.74 Å². The maximum atomic E-state index is 13.0. The van der Waals surface area contributed by atoms with Crippen molar-refractivity contribution >= 4 is 0 Å². The number of aromatic amines is 2. The van der Waals surface area contributed by atoms with Crippen LogP contribution < -0.4 is 10.3 Å². The molecule has 0 unspecified atom stereocenters. The minimum absolute atomic E-state index is 0.113. The van der Waals surface area contributed by atoms with E-state index in [1.54, 1.807) is 25.1 Å². The van der Waals surface area contributed by atoms with Gasteiger partial charge in [0.15, 0.2) is 0 Å². The van der Waals surface area contributed by atoms with Gasteiger partial charge in [0.25, 0.3) is 5.56 Å². The second-order valence-electron chi connectivity index (χ2n) is 5.97. The van der Waals surface area contributed by atoms with Gasteiger partial charge in [-0.15, -0.1) is 0 Å². The fourth-order valence-electron chi connectivity index (χ4n) is 2.68. The molecule has 0 saturated carbocycles. The molecule has 4 nitrogen and oxygen atoms in total. The molecule has 2 aromatic carbocycles. The van der Waals surface area contributed by atoms with E-state index in [0.29, 0.717) is 17.9 Å². The molecule has 0 radical (unpaired) electrons. The smallest absolute Gasteiger partial charge is 0.433 e. The number of rotatable bonds is 5. The van der Waals surface area contributed by atoms with Gasteiger partial charge in [0.2, 0.25) is 0 Å². The van der Waals surface area contributed by atoms with E-state index in [-0.39, 0.29) is 12.0 Å². The van der Waals surface area contributed by atoms with Crippen molar-refractivity contribution in [1.29, 1.82) is 0 Å². The summed E-state index contributed by atoms with van der Waals surface area (Å²) in [4.78, 5) is 11.7. The molecule has 0 aliphatic heterocycles. The minimum Gasteiger partial charge on any atom is -0.489 e.